The van der Waals surface area contributed by atoms with Crippen molar-refractivity contribution in [3.05, 3.63) is 42.0 Å². The Kier molecular flexibility index (Phi) is 3.92. The van der Waals surface area contributed by atoms with E-state index < -0.39 is 0 Å². The first-order chi connectivity index (χ1) is 10.2. The molecule has 1 aliphatic heterocycles. The molecule has 21 heavy (non-hydrogen) atoms. The molecule has 3 rings (SSSR count). The molecule has 0 radical (unpaired) electrons. The average Bonchev–Trinajstić information content (AvgIpc) is 2.83. The van der Waals surface area contributed by atoms with Gasteiger partial charge in [0.2, 0.25) is 0 Å². The van der Waals surface area contributed by atoms with E-state index in [1.165, 1.54) is 23.1 Å². The number of amides is 1. The minimum Gasteiger partial charge on any atom is -0.336 e. The van der Waals surface area contributed by atoms with Crippen LogP contribution in [0.2, 0.25) is 0 Å². The largest absolute Gasteiger partial charge is 0.336 e. The molecule has 6 nitrogen and oxygen atoms in total. The summed E-state index contributed by atoms with van der Waals surface area (Å²) in [5.41, 5.74) is 0.925. The van der Waals surface area contributed by atoms with E-state index in [2.05, 4.69) is 15.5 Å². The number of aromatic nitrogens is 3. The van der Waals surface area contributed by atoms with Gasteiger partial charge in [0, 0.05) is 19.6 Å². The second-order valence-corrected chi connectivity index (χ2v) is 4.89. The predicted octanol–water partition coefficient (Wildman–Crippen LogP) is 0.842. The molecule has 110 valence electrons. The van der Waals surface area contributed by atoms with Crippen LogP contribution in [0.1, 0.15) is 16.9 Å². The van der Waals surface area contributed by atoms with Gasteiger partial charge in [-0.2, -0.15) is 9.90 Å². The summed E-state index contributed by atoms with van der Waals surface area (Å²) < 4.78 is 12.9. The highest BCUT2D eigenvalue weighted by molar-refractivity contribution is 5.92. The summed E-state index contributed by atoms with van der Waals surface area (Å²) in [7, 11) is 0. The van der Waals surface area contributed by atoms with Crippen molar-refractivity contribution in [2.45, 2.75) is 6.42 Å². The minimum absolute atomic E-state index is 0.118. The second-order valence-electron chi connectivity index (χ2n) is 4.89. The van der Waals surface area contributed by atoms with Crippen LogP contribution in [-0.2, 0) is 0 Å². The molecule has 0 bridgehead atoms. The van der Waals surface area contributed by atoms with E-state index in [4.69, 9.17) is 0 Å². The molecule has 0 atom stereocenters. The molecule has 1 aromatic heterocycles. The summed E-state index contributed by atoms with van der Waals surface area (Å²) >= 11 is 0. The van der Waals surface area contributed by atoms with Gasteiger partial charge >= 0.3 is 0 Å². The quantitative estimate of drug-likeness (QED) is 0.890. The molecule has 0 unspecified atom stereocenters. The molecular weight excluding hydrogens is 273 g/mol. The van der Waals surface area contributed by atoms with E-state index in [0.29, 0.717) is 17.9 Å². The number of hydrogen-bond acceptors (Lipinski definition) is 4. The predicted molar refractivity (Wildman–Crippen MR) is 74.7 cm³/mol. The first kappa shape index (κ1) is 13.7. The zero-order chi connectivity index (χ0) is 14.7. The van der Waals surface area contributed by atoms with E-state index in [-0.39, 0.29) is 11.7 Å². The van der Waals surface area contributed by atoms with Crippen LogP contribution in [0.3, 0.4) is 0 Å². The molecular formula is C14H16FN5O. The van der Waals surface area contributed by atoms with Crippen LogP contribution in [0.5, 0.6) is 0 Å². The summed E-state index contributed by atoms with van der Waals surface area (Å²) in [6, 6.07) is 5.81. The highest BCUT2D eigenvalue weighted by Gasteiger charge is 2.20. The highest BCUT2D eigenvalue weighted by Crippen LogP contribution is 2.09. The van der Waals surface area contributed by atoms with Gasteiger partial charge in [0.15, 0.2) is 5.69 Å². The first-order valence-corrected chi connectivity index (χ1v) is 6.92. The van der Waals surface area contributed by atoms with Crippen LogP contribution in [0, 0.1) is 5.82 Å². The maximum atomic E-state index is 12.9. The van der Waals surface area contributed by atoms with Gasteiger partial charge in [0.1, 0.15) is 5.82 Å². The summed E-state index contributed by atoms with van der Waals surface area (Å²) in [5, 5.41) is 11.5. The molecule has 0 spiro atoms. The van der Waals surface area contributed by atoms with Crippen LogP contribution in [0.15, 0.2) is 30.5 Å². The Labute approximate surface area is 121 Å². The molecule has 1 saturated heterocycles. The molecule has 1 aromatic carbocycles. The number of halogens is 1. The Morgan fingerprint density at radius 1 is 1.19 bits per heavy atom. The van der Waals surface area contributed by atoms with Gasteiger partial charge in [-0.3, -0.25) is 4.79 Å². The molecule has 2 heterocycles. The van der Waals surface area contributed by atoms with E-state index >= 15 is 0 Å². The fraction of sp³-hybridized carbons (Fsp3) is 0.357. The fourth-order valence-electron chi connectivity index (χ4n) is 2.27. The van der Waals surface area contributed by atoms with E-state index in [1.54, 1.807) is 17.0 Å². The second kappa shape index (κ2) is 6.01. The zero-order valence-electron chi connectivity index (χ0n) is 11.5. The third-order valence-electron chi connectivity index (χ3n) is 3.40. The Hall–Kier alpha value is -2.28. The van der Waals surface area contributed by atoms with Crippen molar-refractivity contribution in [1.82, 2.24) is 25.2 Å². The van der Waals surface area contributed by atoms with Crippen molar-refractivity contribution in [2.75, 3.05) is 26.2 Å². The van der Waals surface area contributed by atoms with Crippen molar-refractivity contribution in [2.24, 2.45) is 0 Å². The lowest BCUT2D eigenvalue weighted by Crippen LogP contribution is -2.34. The zero-order valence-corrected chi connectivity index (χ0v) is 11.5. The van der Waals surface area contributed by atoms with Crippen LogP contribution < -0.4 is 5.32 Å². The summed E-state index contributed by atoms with van der Waals surface area (Å²) in [4.78, 5) is 15.5. The topological polar surface area (TPSA) is 63.1 Å². The smallest absolute Gasteiger partial charge is 0.276 e. The number of carbonyl (C=O) groups excluding carboxylic acids is 1. The molecule has 1 fully saturated rings. The lowest BCUT2D eigenvalue weighted by molar-refractivity contribution is 0.0760. The van der Waals surface area contributed by atoms with Crippen LogP contribution in [0.4, 0.5) is 4.39 Å². The van der Waals surface area contributed by atoms with Crippen molar-refractivity contribution in [1.29, 1.82) is 0 Å². The number of carbonyl (C=O) groups is 1. The van der Waals surface area contributed by atoms with Crippen molar-refractivity contribution < 1.29 is 9.18 Å². The van der Waals surface area contributed by atoms with Crippen LogP contribution in [0.25, 0.3) is 5.69 Å². The van der Waals surface area contributed by atoms with Crippen molar-refractivity contribution in [3.8, 4) is 5.69 Å². The van der Waals surface area contributed by atoms with Gasteiger partial charge in [-0.1, -0.05) is 0 Å². The third kappa shape index (κ3) is 3.08. The van der Waals surface area contributed by atoms with Gasteiger partial charge < -0.3 is 10.2 Å². The Morgan fingerprint density at radius 3 is 2.81 bits per heavy atom. The lowest BCUT2D eigenvalue weighted by Gasteiger charge is -2.18. The van der Waals surface area contributed by atoms with E-state index in [1.807, 2.05) is 0 Å². The Bertz CT molecular complexity index is 617. The molecule has 1 amide bonds. The normalized spacial score (nSPS) is 15.8. The lowest BCUT2D eigenvalue weighted by atomic mass is 10.3. The molecule has 0 aliphatic carbocycles. The number of hydrogen-bond donors (Lipinski definition) is 1. The summed E-state index contributed by atoms with van der Waals surface area (Å²) in [6.07, 6.45) is 2.38. The maximum absolute atomic E-state index is 12.9. The van der Waals surface area contributed by atoms with Crippen LogP contribution >= 0.6 is 0 Å². The number of nitrogens with one attached hydrogen (secondary N) is 1. The molecule has 1 N–H and O–H groups in total. The Balaban J connectivity index is 1.77. The van der Waals surface area contributed by atoms with Crippen molar-refractivity contribution >= 4 is 5.91 Å². The molecule has 0 saturated carbocycles. The van der Waals surface area contributed by atoms with E-state index in [0.717, 1.165) is 26.1 Å². The maximum Gasteiger partial charge on any atom is 0.276 e. The molecule has 7 heteroatoms. The van der Waals surface area contributed by atoms with Crippen LogP contribution in [-0.4, -0.2) is 52.0 Å². The van der Waals surface area contributed by atoms with Gasteiger partial charge in [-0.25, -0.2) is 4.39 Å². The highest BCUT2D eigenvalue weighted by atomic mass is 19.1. The summed E-state index contributed by atoms with van der Waals surface area (Å²) in [5.74, 6) is -0.439. The van der Waals surface area contributed by atoms with Gasteiger partial charge in [0.25, 0.3) is 5.91 Å². The third-order valence-corrected chi connectivity index (χ3v) is 3.40. The minimum atomic E-state index is -0.320. The standard InChI is InChI=1S/C14H16FN5O/c15-11-2-4-12(5-3-11)20-17-10-13(18-20)14(21)19-8-1-6-16-7-9-19/h2-5,10,16H,1,6-9H2. The molecule has 1 aliphatic rings. The average molecular weight is 289 g/mol. The van der Waals surface area contributed by atoms with E-state index in [9.17, 15) is 9.18 Å². The van der Waals surface area contributed by atoms with Gasteiger partial charge in [0.05, 0.1) is 11.9 Å². The number of benzene rings is 1. The monoisotopic (exact) mass is 289 g/mol. The fourth-order valence-corrected chi connectivity index (χ4v) is 2.27. The van der Waals surface area contributed by atoms with Crippen molar-refractivity contribution in [3.63, 3.8) is 0 Å². The summed E-state index contributed by atoms with van der Waals surface area (Å²) in [6.45, 7) is 3.10. The SMILES string of the molecule is O=C(c1cnn(-c2ccc(F)cc2)n1)N1CCCNCC1. The number of rotatable bonds is 2. The Morgan fingerprint density at radius 2 is 2.00 bits per heavy atom. The van der Waals surface area contributed by atoms with Gasteiger partial charge in [-0.15, -0.1) is 5.10 Å². The van der Waals surface area contributed by atoms with Gasteiger partial charge in [-0.05, 0) is 37.2 Å². The molecule has 2 aromatic rings. The number of nitrogens with zero attached hydrogens (tertiary/aromatic N) is 4. The first-order valence-electron chi connectivity index (χ1n) is 6.92.